The van der Waals surface area contributed by atoms with Gasteiger partial charge in [0.1, 0.15) is 5.78 Å². The van der Waals surface area contributed by atoms with Crippen molar-refractivity contribution in [2.45, 2.75) is 6.92 Å². The predicted octanol–water partition coefficient (Wildman–Crippen LogP) is 0.503. The van der Waals surface area contributed by atoms with Crippen molar-refractivity contribution in [3.63, 3.8) is 0 Å². The quantitative estimate of drug-likeness (QED) is 0.479. The van der Waals surface area contributed by atoms with Crippen molar-refractivity contribution < 1.29 is 27.2 Å². The number of carbonyl (C=O) groups excluding carboxylic acids is 1. The number of Topliss-reactive ketones (excluding diaryl/α,β-unsaturated/α-hetero) is 1. The minimum Gasteiger partial charge on any atom is -0.299 e. The Hall–Kier alpha value is 0.760. The zero-order chi connectivity index (χ0) is 4.28. The first-order valence-electron chi connectivity index (χ1n) is 1.37. The molecule has 0 rings (SSSR count). The van der Waals surface area contributed by atoms with Crippen LogP contribution in [-0.4, -0.2) is 11.5 Å². The van der Waals surface area contributed by atoms with E-state index < -0.39 is 0 Å². The normalized spacial score (nSPS) is 6.33. The average Bonchev–Trinajstić information content (AvgIpc) is 1.38. The Balaban J connectivity index is 0. The largest absolute Gasteiger partial charge is 0.299 e. The summed E-state index contributed by atoms with van der Waals surface area (Å²) in [7, 11) is 0. The number of carbonyl (C=O) groups is 1. The van der Waals surface area contributed by atoms with E-state index in [1.165, 1.54) is 6.92 Å². The third-order valence-electron chi connectivity index (χ3n) is 0.223. The van der Waals surface area contributed by atoms with Crippen molar-refractivity contribution >= 4 is 18.4 Å². The van der Waals surface area contributed by atoms with Crippen LogP contribution in [-0.2, 0) is 27.2 Å². The molecule has 0 aliphatic rings. The van der Waals surface area contributed by atoms with E-state index in [-0.39, 0.29) is 28.2 Å². The summed E-state index contributed by atoms with van der Waals surface area (Å²) < 4.78 is 0. The Morgan fingerprint density at radius 2 is 2.00 bits per heavy atom. The van der Waals surface area contributed by atoms with Gasteiger partial charge in [-0.1, -0.05) is 0 Å². The summed E-state index contributed by atoms with van der Waals surface area (Å²) in [4.78, 5) is 9.74. The van der Waals surface area contributed by atoms with Gasteiger partial charge in [-0.2, -0.15) is 12.6 Å². The van der Waals surface area contributed by atoms with Gasteiger partial charge in [-0.3, -0.25) is 4.79 Å². The molecule has 0 aliphatic heterocycles. The molecule has 0 aliphatic carbocycles. The monoisotopic (exact) mass is 197 g/mol. The second-order valence-corrected chi connectivity index (χ2v) is 1.18. The van der Waals surface area contributed by atoms with Crippen molar-refractivity contribution in [2.75, 3.05) is 5.75 Å². The zero-order valence-corrected chi connectivity index (χ0v) is 5.74. The fraction of sp³-hybridized carbons (Fsp3) is 0.667. The fourth-order valence-electron chi connectivity index (χ4n) is 0. The fourth-order valence-corrected chi connectivity index (χ4v) is 0. The molecule has 6 heavy (non-hydrogen) atoms. The smallest absolute Gasteiger partial charge is 0.139 e. The van der Waals surface area contributed by atoms with Crippen LogP contribution in [0.4, 0.5) is 0 Å². The van der Waals surface area contributed by atoms with Crippen molar-refractivity contribution in [3.05, 3.63) is 0 Å². The van der Waals surface area contributed by atoms with E-state index in [1.54, 1.807) is 0 Å². The molecule has 0 spiro atoms. The molecule has 1 radical (unpaired) electrons. The second-order valence-electron chi connectivity index (χ2n) is 0.860. The first-order chi connectivity index (χ1) is 2.27. The SMILES string of the molecule is CC(=O)CS.[Ag]. The molecule has 1 nitrogen and oxygen atoms in total. The summed E-state index contributed by atoms with van der Waals surface area (Å²) in [6, 6.07) is 0. The van der Waals surface area contributed by atoms with E-state index in [0.717, 1.165) is 0 Å². The standard InChI is InChI=1S/C3H6OS.Ag/c1-3(4)2-5;/h5H,2H2,1H3;. The molecule has 0 heterocycles. The molecule has 0 unspecified atom stereocenters. The van der Waals surface area contributed by atoms with Gasteiger partial charge in [-0.15, -0.1) is 0 Å². The molecule has 0 atom stereocenters. The molecule has 0 amide bonds. The maximum Gasteiger partial charge on any atom is 0.139 e. The number of hydrogen-bond donors (Lipinski definition) is 1. The van der Waals surface area contributed by atoms with Gasteiger partial charge in [0.25, 0.3) is 0 Å². The summed E-state index contributed by atoms with van der Waals surface area (Å²) in [5.41, 5.74) is 0. The van der Waals surface area contributed by atoms with E-state index in [1.807, 2.05) is 0 Å². The Morgan fingerprint density at radius 3 is 2.00 bits per heavy atom. The molecule has 0 aromatic carbocycles. The summed E-state index contributed by atoms with van der Waals surface area (Å²) >= 11 is 3.67. The summed E-state index contributed by atoms with van der Waals surface area (Å²) in [5.74, 6) is 0.480. The van der Waals surface area contributed by atoms with Crippen molar-refractivity contribution in [2.24, 2.45) is 0 Å². The minimum absolute atomic E-state index is 0. The van der Waals surface area contributed by atoms with Crippen LogP contribution in [0.2, 0.25) is 0 Å². The first kappa shape index (κ1) is 9.90. The molecule has 0 N–H and O–H groups in total. The van der Waals surface area contributed by atoms with Gasteiger partial charge in [0.05, 0.1) is 0 Å². The third-order valence-corrected chi connectivity index (χ3v) is 0.668. The topological polar surface area (TPSA) is 17.1 Å². The van der Waals surface area contributed by atoms with Crippen LogP contribution in [0.5, 0.6) is 0 Å². The summed E-state index contributed by atoms with van der Waals surface area (Å²) in [6.45, 7) is 1.51. The van der Waals surface area contributed by atoms with Gasteiger partial charge in [-0.25, -0.2) is 0 Å². The van der Waals surface area contributed by atoms with Gasteiger partial charge in [0.2, 0.25) is 0 Å². The molecule has 0 aromatic heterocycles. The van der Waals surface area contributed by atoms with Gasteiger partial charge in [-0.05, 0) is 6.92 Å². The molecule has 0 bridgehead atoms. The molecule has 0 fully saturated rings. The van der Waals surface area contributed by atoms with Gasteiger partial charge >= 0.3 is 0 Å². The van der Waals surface area contributed by atoms with Crippen LogP contribution < -0.4 is 0 Å². The molecule has 0 aromatic rings. The van der Waals surface area contributed by atoms with E-state index in [0.29, 0.717) is 5.75 Å². The molecular formula is C3H6AgOS. The Kier molecular flexibility index (Phi) is 9.50. The van der Waals surface area contributed by atoms with Crippen molar-refractivity contribution in [1.29, 1.82) is 0 Å². The van der Waals surface area contributed by atoms with Crippen molar-refractivity contribution in [3.8, 4) is 0 Å². The minimum atomic E-state index is 0. The Labute approximate surface area is 58.4 Å². The van der Waals surface area contributed by atoms with E-state index in [4.69, 9.17) is 0 Å². The zero-order valence-electron chi connectivity index (χ0n) is 3.36. The van der Waals surface area contributed by atoms with Crippen LogP contribution in [0.25, 0.3) is 0 Å². The van der Waals surface area contributed by atoms with Gasteiger partial charge in [0, 0.05) is 28.1 Å². The van der Waals surface area contributed by atoms with Crippen LogP contribution in [0.3, 0.4) is 0 Å². The molecular weight excluding hydrogens is 192 g/mol. The Morgan fingerprint density at radius 1 is 1.83 bits per heavy atom. The number of hydrogen-bond acceptors (Lipinski definition) is 2. The van der Waals surface area contributed by atoms with E-state index >= 15 is 0 Å². The number of ketones is 1. The maximum absolute atomic E-state index is 9.74. The Bertz CT molecular complexity index is 46.1. The molecule has 41 valence electrons. The van der Waals surface area contributed by atoms with E-state index in [9.17, 15) is 4.79 Å². The third kappa shape index (κ3) is 8.83. The van der Waals surface area contributed by atoms with Crippen LogP contribution in [0, 0.1) is 0 Å². The summed E-state index contributed by atoms with van der Waals surface area (Å²) in [6.07, 6.45) is 0. The molecule has 0 saturated carbocycles. The second kappa shape index (κ2) is 5.76. The summed E-state index contributed by atoms with van der Waals surface area (Å²) in [5, 5.41) is 0. The first-order valence-corrected chi connectivity index (χ1v) is 2.01. The van der Waals surface area contributed by atoms with Crippen LogP contribution >= 0.6 is 12.6 Å². The molecule has 0 saturated heterocycles. The maximum atomic E-state index is 9.74. The predicted molar refractivity (Wildman–Crippen MR) is 24.5 cm³/mol. The average molecular weight is 198 g/mol. The van der Waals surface area contributed by atoms with Gasteiger partial charge < -0.3 is 0 Å². The van der Waals surface area contributed by atoms with Crippen LogP contribution in [0.15, 0.2) is 0 Å². The van der Waals surface area contributed by atoms with Crippen LogP contribution in [0.1, 0.15) is 6.92 Å². The van der Waals surface area contributed by atoms with Gasteiger partial charge in [0.15, 0.2) is 0 Å². The number of thiol groups is 1. The van der Waals surface area contributed by atoms with E-state index in [2.05, 4.69) is 12.6 Å². The number of rotatable bonds is 1. The molecule has 3 heteroatoms. The van der Waals surface area contributed by atoms with Crippen molar-refractivity contribution in [1.82, 2.24) is 0 Å².